The van der Waals surface area contributed by atoms with Gasteiger partial charge in [-0.3, -0.25) is 10.9 Å². The molecule has 4 rings (SSSR count). The summed E-state index contributed by atoms with van der Waals surface area (Å²) in [7, 11) is 0. The molecular weight excluding hydrogens is 484 g/mol. The molecule has 4 aromatic rings. The third kappa shape index (κ3) is 7.79. The molecule has 0 radical (unpaired) electrons. The van der Waals surface area contributed by atoms with Gasteiger partial charge in [0.05, 0.1) is 22.8 Å². The topological polar surface area (TPSA) is 144 Å². The Hall–Kier alpha value is -4.42. The molecule has 10 nitrogen and oxygen atoms in total. The number of hydrogen-bond acceptors (Lipinski definition) is 8. The van der Waals surface area contributed by atoms with Crippen LogP contribution in [-0.2, 0) is 12.8 Å². The fraction of sp³-hybridized carbons (Fsp3) is 0.0714. The summed E-state index contributed by atoms with van der Waals surface area (Å²) in [5.74, 6) is 0. The summed E-state index contributed by atoms with van der Waals surface area (Å²) in [5, 5.41) is 48.1. The highest BCUT2D eigenvalue weighted by Gasteiger charge is 2.13. The molecule has 4 aromatic carbocycles. The Morgan fingerprint density at radius 1 is 0.553 bits per heavy atom. The summed E-state index contributed by atoms with van der Waals surface area (Å²) < 4.78 is 0. The lowest BCUT2D eigenvalue weighted by Crippen LogP contribution is -2.99. The van der Waals surface area contributed by atoms with Gasteiger partial charge in [0.25, 0.3) is 0 Å². The number of quaternary nitrogens is 2. The number of rotatable bonds is 11. The van der Waals surface area contributed by atoms with Crippen LogP contribution < -0.4 is 21.3 Å². The predicted molar refractivity (Wildman–Crippen MR) is 147 cm³/mol. The summed E-state index contributed by atoms with van der Waals surface area (Å²) in [5.41, 5.74) is 11.2. The van der Waals surface area contributed by atoms with Crippen LogP contribution in [0.2, 0.25) is 0 Å². The van der Waals surface area contributed by atoms with E-state index in [0.717, 1.165) is 11.1 Å². The van der Waals surface area contributed by atoms with E-state index < -0.39 is 10.5 Å². The zero-order valence-electron chi connectivity index (χ0n) is 20.4. The molecule has 10 heteroatoms. The Bertz CT molecular complexity index is 1240. The second kappa shape index (κ2) is 13.2. The molecule has 194 valence electrons. The smallest absolute Gasteiger partial charge is 0.163 e. The van der Waals surface area contributed by atoms with Gasteiger partial charge in [0.15, 0.2) is 11.4 Å². The van der Waals surface area contributed by atoms with Gasteiger partial charge in [-0.1, -0.05) is 60.7 Å². The maximum atomic E-state index is 11.2. The van der Waals surface area contributed by atoms with Crippen molar-refractivity contribution in [2.75, 3.05) is 10.9 Å². The Morgan fingerprint density at radius 3 is 1.21 bits per heavy atom. The normalized spacial score (nSPS) is 13.6. The van der Waals surface area contributed by atoms with Gasteiger partial charge in [-0.2, -0.15) is 20.7 Å². The van der Waals surface area contributed by atoms with Crippen molar-refractivity contribution in [3.8, 4) is 0 Å². The fourth-order valence-electron chi connectivity index (χ4n) is 3.63. The Labute approximate surface area is 219 Å². The van der Waals surface area contributed by atoms with E-state index in [0.29, 0.717) is 35.6 Å². The minimum atomic E-state index is -0.996. The molecule has 38 heavy (non-hydrogen) atoms. The molecule has 0 aliphatic rings. The highest BCUT2D eigenvalue weighted by Crippen LogP contribution is 2.14. The fourth-order valence-corrected chi connectivity index (χ4v) is 3.63. The van der Waals surface area contributed by atoms with Gasteiger partial charge in [0.1, 0.15) is 0 Å². The number of hydrazone groups is 2. The first-order valence-electron chi connectivity index (χ1n) is 11.9. The van der Waals surface area contributed by atoms with Gasteiger partial charge in [-0.15, -0.1) is 0 Å². The van der Waals surface area contributed by atoms with Crippen LogP contribution >= 0.6 is 0 Å². The highest BCUT2D eigenvalue weighted by molar-refractivity contribution is 6.43. The molecule has 2 atom stereocenters. The van der Waals surface area contributed by atoms with Crippen LogP contribution in [0.15, 0.2) is 119 Å². The molecule has 6 N–H and O–H groups in total. The van der Waals surface area contributed by atoms with Gasteiger partial charge >= 0.3 is 0 Å². The van der Waals surface area contributed by atoms with Crippen molar-refractivity contribution < 1.29 is 20.9 Å². The molecule has 0 fully saturated rings. The molecule has 0 aromatic heterocycles. The standard InChI is InChI=1S/C28H28N6O4/c35-33(36)25-15-11-23(12-16-25)29-31-27(19-21-7-3-1-4-8-21)28(20-22-9-5-2-6-10-22)32-30-24-13-17-26(18-14-24)34(37)38/h1-18,29-30,33-35,37H,19-20H2. The van der Waals surface area contributed by atoms with Crippen LogP contribution in [0.4, 0.5) is 22.7 Å². The van der Waals surface area contributed by atoms with E-state index in [1.165, 1.54) is 24.3 Å². The molecule has 0 saturated carbocycles. The molecule has 0 aliphatic carbocycles. The first kappa shape index (κ1) is 26.6. The maximum Gasteiger partial charge on any atom is 0.163 e. The SMILES string of the molecule is [O-][NH+](O)c1ccc(NN=C(Cc2ccccc2)C(Cc2ccccc2)=NNc2ccc([NH+]([O-])O)cc2)cc1. The van der Waals surface area contributed by atoms with Gasteiger partial charge in [0, 0.05) is 37.1 Å². The Kier molecular flexibility index (Phi) is 9.27. The molecule has 2 unspecified atom stereocenters. The van der Waals surface area contributed by atoms with Crippen molar-refractivity contribution in [1.29, 1.82) is 0 Å². The number of benzene rings is 4. The first-order valence-corrected chi connectivity index (χ1v) is 11.9. The lowest BCUT2D eigenvalue weighted by atomic mass is 10.00. The summed E-state index contributed by atoms with van der Waals surface area (Å²) in [6.07, 6.45) is 0.985. The number of hydrogen-bond donors (Lipinski definition) is 6. The van der Waals surface area contributed by atoms with Crippen LogP contribution in [-0.4, -0.2) is 21.8 Å². The zero-order chi connectivity index (χ0) is 26.7. The van der Waals surface area contributed by atoms with Crippen LogP contribution in [0.1, 0.15) is 11.1 Å². The average Bonchev–Trinajstić information content (AvgIpc) is 2.95. The van der Waals surface area contributed by atoms with E-state index in [1.807, 2.05) is 60.7 Å². The van der Waals surface area contributed by atoms with Crippen LogP contribution in [0, 0.1) is 10.4 Å². The minimum absolute atomic E-state index is 0.188. The van der Waals surface area contributed by atoms with E-state index in [4.69, 9.17) is 10.4 Å². The van der Waals surface area contributed by atoms with E-state index in [-0.39, 0.29) is 11.4 Å². The molecule has 0 aliphatic heterocycles. The third-order valence-electron chi connectivity index (χ3n) is 5.67. The zero-order valence-corrected chi connectivity index (χ0v) is 20.4. The Morgan fingerprint density at radius 2 is 0.895 bits per heavy atom. The summed E-state index contributed by atoms with van der Waals surface area (Å²) in [6.45, 7) is 0. The van der Waals surface area contributed by atoms with Crippen molar-refractivity contribution in [1.82, 2.24) is 0 Å². The number of nitrogens with zero attached hydrogens (tertiary/aromatic N) is 2. The highest BCUT2D eigenvalue weighted by atomic mass is 16.8. The summed E-state index contributed by atoms with van der Waals surface area (Å²) >= 11 is 0. The van der Waals surface area contributed by atoms with Gasteiger partial charge in [-0.25, -0.2) is 10.4 Å². The second-order valence-corrected chi connectivity index (χ2v) is 8.43. The molecule has 0 saturated heterocycles. The van der Waals surface area contributed by atoms with Gasteiger partial charge in [0.2, 0.25) is 0 Å². The van der Waals surface area contributed by atoms with Crippen molar-refractivity contribution in [2.24, 2.45) is 10.2 Å². The van der Waals surface area contributed by atoms with Crippen molar-refractivity contribution in [3.05, 3.63) is 131 Å². The lowest BCUT2D eigenvalue weighted by molar-refractivity contribution is -0.991. The summed E-state index contributed by atoms with van der Waals surface area (Å²) in [6, 6.07) is 32.4. The molecule has 0 spiro atoms. The van der Waals surface area contributed by atoms with E-state index >= 15 is 0 Å². The lowest BCUT2D eigenvalue weighted by Gasteiger charge is -2.14. The van der Waals surface area contributed by atoms with Crippen molar-refractivity contribution >= 4 is 34.2 Å². The Balaban J connectivity index is 1.66. The monoisotopic (exact) mass is 512 g/mol. The minimum Gasteiger partial charge on any atom is -0.595 e. The van der Waals surface area contributed by atoms with Gasteiger partial charge < -0.3 is 10.4 Å². The molecule has 0 bridgehead atoms. The van der Waals surface area contributed by atoms with E-state index in [2.05, 4.69) is 21.1 Å². The largest absolute Gasteiger partial charge is 0.595 e. The van der Waals surface area contributed by atoms with Crippen LogP contribution in [0.25, 0.3) is 0 Å². The molecule has 0 heterocycles. The molecular formula is C28H28N6O4. The van der Waals surface area contributed by atoms with Crippen LogP contribution in [0.3, 0.4) is 0 Å². The second-order valence-electron chi connectivity index (χ2n) is 8.43. The number of nitrogens with one attached hydrogen (secondary N) is 4. The van der Waals surface area contributed by atoms with E-state index in [9.17, 15) is 10.4 Å². The quantitative estimate of drug-likeness (QED) is 0.135. The predicted octanol–water partition coefficient (Wildman–Crippen LogP) is 3.21. The first-order chi connectivity index (χ1) is 18.5. The van der Waals surface area contributed by atoms with Crippen molar-refractivity contribution in [2.45, 2.75) is 12.8 Å². The third-order valence-corrected chi connectivity index (χ3v) is 5.67. The summed E-state index contributed by atoms with van der Waals surface area (Å²) in [4.78, 5) is 0. The number of anilines is 2. The van der Waals surface area contributed by atoms with Crippen LogP contribution in [0.5, 0.6) is 0 Å². The van der Waals surface area contributed by atoms with E-state index in [1.54, 1.807) is 24.3 Å². The maximum absolute atomic E-state index is 11.2. The molecule has 0 amide bonds. The van der Waals surface area contributed by atoms with Crippen molar-refractivity contribution in [3.63, 3.8) is 0 Å². The average molecular weight is 513 g/mol. The van der Waals surface area contributed by atoms with Gasteiger partial charge in [-0.05, 0) is 35.4 Å².